The van der Waals surface area contributed by atoms with E-state index in [1.807, 2.05) is 13.0 Å². The molecule has 0 radical (unpaired) electrons. The second kappa shape index (κ2) is 9.85. The van der Waals surface area contributed by atoms with Gasteiger partial charge in [0.1, 0.15) is 11.3 Å². The minimum atomic E-state index is -0.824. The molecule has 150 valence electrons. The largest absolute Gasteiger partial charge is 0.507 e. The zero-order valence-corrected chi connectivity index (χ0v) is 16.7. The number of methoxy groups -OCH3 is 2. The fourth-order valence-corrected chi connectivity index (χ4v) is 2.72. The van der Waals surface area contributed by atoms with Crippen LogP contribution >= 0.6 is 11.6 Å². The number of carbonyl (C=O) groups excluding carboxylic acids is 2. The van der Waals surface area contributed by atoms with Crippen LogP contribution < -0.4 is 9.47 Å². The SMILES string of the molecule is CCN(Cc1ccc(OC)c(OC)c1)C(=O)COC(=O)c1cc(Cl)ccc1O. The Kier molecular flexibility index (Phi) is 7.52. The molecule has 2 aromatic carbocycles. The van der Waals surface area contributed by atoms with Crippen LogP contribution in [-0.4, -0.2) is 49.3 Å². The van der Waals surface area contributed by atoms with E-state index in [-0.39, 0.29) is 22.2 Å². The van der Waals surface area contributed by atoms with Crippen molar-refractivity contribution in [2.24, 2.45) is 0 Å². The van der Waals surface area contributed by atoms with E-state index in [0.717, 1.165) is 5.56 Å². The van der Waals surface area contributed by atoms with Crippen molar-refractivity contribution in [2.75, 3.05) is 27.4 Å². The number of amides is 1. The zero-order chi connectivity index (χ0) is 20.7. The predicted molar refractivity (Wildman–Crippen MR) is 104 cm³/mol. The van der Waals surface area contributed by atoms with Gasteiger partial charge in [-0.3, -0.25) is 4.79 Å². The van der Waals surface area contributed by atoms with Gasteiger partial charge in [0.2, 0.25) is 0 Å². The Morgan fingerprint density at radius 1 is 1.07 bits per heavy atom. The van der Waals surface area contributed by atoms with E-state index < -0.39 is 12.6 Å². The molecule has 0 bridgehead atoms. The summed E-state index contributed by atoms with van der Waals surface area (Å²) in [5, 5.41) is 10.0. The number of halogens is 1. The molecule has 1 N–H and O–H groups in total. The van der Waals surface area contributed by atoms with Crippen molar-refractivity contribution < 1.29 is 28.9 Å². The van der Waals surface area contributed by atoms with Crippen molar-refractivity contribution in [1.29, 1.82) is 0 Å². The lowest BCUT2D eigenvalue weighted by Gasteiger charge is -2.21. The molecule has 1 amide bonds. The van der Waals surface area contributed by atoms with Crippen molar-refractivity contribution in [3.8, 4) is 17.2 Å². The molecular weight excluding hydrogens is 386 g/mol. The number of likely N-dealkylation sites (N-methyl/N-ethyl adjacent to an activating group) is 1. The number of phenols is 1. The first-order valence-electron chi connectivity index (χ1n) is 8.53. The van der Waals surface area contributed by atoms with Crippen LogP contribution in [0.3, 0.4) is 0 Å². The van der Waals surface area contributed by atoms with Crippen LogP contribution in [0.1, 0.15) is 22.8 Å². The van der Waals surface area contributed by atoms with Gasteiger partial charge < -0.3 is 24.2 Å². The highest BCUT2D eigenvalue weighted by molar-refractivity contribution is 6.31. The monoisotopic (exact) mass is 407 g/mol. The number of carbonyl (C=O) groups is 2. The summed E-state index contributed by atoms with van der Waals surface area (Å²) >= 11 is 5.82. The van der Waals surface area contributed by atoms with E-state index in [4.69, 9.17) is 25.8 Å². The molecule has 7 nitrogen and oxygen atoms in total. The van der Waals surface area contributed by atoms with Crippen molar-refractivity contribution in [1.82, 2.24) is 4.90 Å². The lowest BCUT2D eigenvalue weighted by Crippen LogP contribution is -2.34. The van der Waals surface area contributed by atoms with Crippen molar-refractivity contribution >= 4 is 23.5 Å². The lowest BCUT2D eigenvalue weighted by atomic mass is 10.2. The summed E-state index contributed by atoms with van der Waals surface area (Å²) in [6, 6.07) is 9.38. The predicted octanol–water partition coefficient (Wildman–Crippen LogP) is 3.27. The topological polar surface area (TPSA) is 85.3 Å². The van der Waals surface area contributed by atoms with Crippen LogP contribution in [0.2, 0.25) is 5.02 Å². The summed E-state index contributed by atoms with van der Waals surface area (Å²) in [6.45, 7) is 2.11. The van der Waals surface area contributed by atoms with Gasteiger partial charge in [0.25, 0.3) is 5.91 Å². The molecule has 0 aromatic heterocycles. The Morgan fingerprint density at radius 3 is 2.43 bits per heavy atom. The van der Waals surface area contributed by atoms with Gasteiger partial charge in [-0.15, -0.1) is 0 Å². The molecular formula is C20H22ClNO6. The highest BCUT2D eigenvalue weighted by Gasteiger charge is 2.18. The van der Waals surface area contributed by atoms with Crippen LogP contribution in [0.4, 0.5) is 0 Å². The minimum absolute atomic E-state index is 0.0942. The summed E-state index contributed by atoms with van der Waals surface area (Å²) in [4.78, 5) is 26.1. The molecule has 0 saturated heterocycles. The summed E-state index contributed by atoms with van der Waals surface area (Å²) in [5.74, 6) is -0.301. The highest BCUT2D eigenvalue weighted by Crippen LogP contribution is 2.28. The van der Waals surface area contributed by atoms with E-state index in [2.05, 4.69) is 0 Å². The average molecular weight is 408 g/mol. The van der Waals surface area contributed by atoms with Gasteiger partial charge in [0, 0.05) is 18.1 Å². The maximum absolute atomic E-state index is 12.4. The first-order valence-corrected chi connectivity index (χ1v) is 8.91. The Balaban J connectivity index is 2.01. The number of esters is 1. The third kappa shape index (κ3) is 5.29. The fraction of sp³-hybridized carbons (Fsp3) is 0.300. The fourth-order valence-electron chi connectivity index (χ4n) is 2.54. The lowest BCUT2D eigenvalue weighted by molar-refractivity contribution is -0.134. The summed E-state index contributed by atoms with van der Waals surface area (Å²) in [5.41, 5.74) is 0.745. The van der Waals surface area contributed by atoms with E-state index in [0.29, 0.717) is 24.6 Å². The number of ether oxygens (including phenoxy) is 3. The first kappa shape index (κ1) is 21.4. The number of phenolic OH excluding ortho intramolecular Hbond substituents is 1. The zero-order valence-electron chi connectivity index (χ0n) is 15.9. The molecule has 0 saturated carbocycles. The summed E-state index contributed by atoms with van der Waals surface area (Å²) in [6.07, 6.45) is 0. The molecule has 0 aliphatic carbocycles. The number of benzene rings is 2. The third-order valence-electron chi connectivity index (χ3n) is 4.06. The maximum atomic E-state index is 12.4. The van der Waals surface area contributed by atoms with Gasteiger partial charge in [0.05, 0.1) is 14.2 Å². The van der Waals surface area contributed by atoms with Crippen LogP contribution in [0, 0.1) is 0 Å². The molecule has 0 aliphatic heterocycles. The van der Waals surface area contributed by atoms with Crippen molar-refractivity contribution in [3.63, 3.8) is 0 Å². The van der Waals surface area contributed by atoms with Crippen LogP contribution in [0.25, 0.3) is 0 Å². The van der Waals surface area contributed by atoms with E-state index in [9.17, 15) is 14.7 Å². The second-order valence-corrected chi connectivity index (χ2v) is 6.27. The van der Waals surface area contributed by atoms with Crippen LogP contribution in [0.15, 0.2) is 36.4 Å². The average Bonchev–Trinajstić information content (AvgIpc) is 2.71. The van der Waals surface area contributed by atoms with Gasteiger partial charge in [-0.05, 0) is 42.8 Å². The molecule has 2 aromatic rings. The minimum Gasteiger partial charge on any atom is -0.507 e. The van der Waals surface area contributed by atoms with Gasteiger partial charge in [-0.1, -0.05) is 17.7 Å². The van der Waals surface area contributed by atoms with Gasteiger partial charge in [-0.25, -0.2) is 4.79 Å². The van der Waals surface area contributed by atoms with Crippen LogP contribution in [0.5, 0.6) is 17.2 Å². The highest BCUT2D eigenvalue weighted by atomic mass is 35.5. The Morgan fingerprint density at radius 2 is 1.79 bits per heavy atom. The van der Waals surface area contributed by atoms with Gasteiger partial charge in [-0.2, -0.15) is 0 Å². The summed E-state index contributed by atoms with van der Waals surface area (Å²) < 4.78 is 15.5. The van der Waals surface area contributed by atoms with Gasteiger partial charge in [0.15, 0.2) is 18.1 Å². The molecule has 0 heterocycles. The molecule has 0 atom stereocenters. The molecule has 0 spiro atoms. The quantitative estimate of drug-likeness (QED) is 0.676. The Labute approximate surface area is 168 Å². The maximum Gasteiger partial charge on any atom is 0.342 e. The molecule has 0 fully saturated rings. The number of aromatic hydroxyl groups is 1. The molecule has 0 unspecified atom stereocenters. The number of hydrogen-bond acceptors (Lipinski definition) is 6. The number of hydrogen-bond donors (Lipinski definition) is 1. The standard InChI is InChI=1S/C20H22ClNO6/c1-4-22(11-13-5-8-17(26-2)18(9-13)27-3)19(24)12-28-20(25)15-10-14(21)6-7-16(15)23/h5-10,23H,4,11-12H2,1-3H3. The third-order valence-corrected chi connectivity index (χ3v) is 4.30. The van der Waals surface area contributed by atoms with Crippen molar-refractivity contribution in [2.45, 2.75) is 13.5 Å². The molecule has 0 aliphatic rings. The molecule has 8 heteroatoms. The van der Waals surface area contributed by atoms with Gasteiger partial charge >= 0.3 is 5.97 Å². The van der Waals surface area contributed by atoms with E-state index in [1.54, 1.807) is 19.2 Å². The van der Waals surface area contributed by atoms with Crippen molar-refractivity contribution in [3.05, 3.63) is 52.5 Å². The Hall–Kier alpha value is -2.93. The smallest absolute Gasteiger partial charge is 0.342 e. The van der Waals surface area contributed by atoms with E-state index >= 15 is 0 Å². The second-order valence-electron chi connectivity index (χ2n) is 5.83. The number of rotatable bonds is 8. The molecule has 28 heavy (non-hydrogen) atoms. The number of nitrogens with zero attached hydrogens (tertiary/aromatic N) is 1. The molecule has 2 rings (SSSR count). The summed E-state index contributed by atoms with van der Waals surface area (Å²) in [7, 11) is 3.08. The van der Waals surface area contributed by atoms with E-state index in [1.165, 1.54) is 30.2 Å². The Bertz CT molecular complexity index is 855. The normalized spacial score (nSPS) is 10.3. The first-order chi connectivity index (χ1) is 13.4. The van der Waals surface area contributed by atoms with Crippen LogP contribution in [-0.2, 0) is 16.1 Å².